The van der Waals surface area contributed by atoms with Crippen molar-refractivity contribution >= 4 is 28.7 Å². The highest BCUT2D eigenvalue weighted by atomic mass is 32.1. The molecule has 5 nitrogen and oxygen atoms in total. The number of nitrogens with one attached hydrogen (secondary N) is 3. The molecule has 0 unspecified atom stereocenters. The minimum absolute atomic E-state index is 0.471. The lowest BCUT2D eigenvalue weighted by Gasteiger charge is -2.13. The van der Waals surface area contributed by atoms with E-state index in [9.17, 15) is 0 Å². The van der Waals surface area contributed by atoms with Crippen LogP contribution in [0.2, 0.25) is 0 Å². The van der Waals surface area contributed by atoms with E-state index >= 15 is 0 Å². The second-order valence-corrected chi connectivity index (χ2v) is 4.80. The van der Waals surface area contributed by atoms with Gasteiger partial charge in [-0.05, 0) is 67.7 Å². The Morgan fingerprint density at radius 2 is 1.55 bits per heavy atom. The molecule has 116 valence electrons. The Hall–Kier alpha value is -2.47. The lowest BCUT2D eigenvalue weighted by molar-refractivity contribution is 0.340. The molecule has 2 rings (SSSR count). The molecule has 0 heterocycles. The van der Waals surface area contributed by atoms with Gasteiger partial charge in [-0.15, -0.1) is 0 Å². The third kappa shape index (κ3) is 4.82. The van der Waals surface area contributed by atoms with Crippen molar-refractivity contribution in [3.8, 4) is 11.5 Å². The zero-order chi connectivity index (χ0) is 15.8. The van der Waals surface area contributed by atoms with Crippen LogP contribution in [0, 0.1) is 0 Å². The molecule has 0 saturated heterocycles. The monoisotopic (exact) mass is 317 g/mol. The van der Waals surface area contributed by atoms with Crippen molar-refractivity contribution in [2.75, 3.05) is 24.5 Å². The van der Waals surface area contributed by atoms with E-state index in [2.05, 4.69) is 16.2 Å². The van der Waals surface area contributed by atoms with Crippen LogP contribution in [-0.2, 0) is 0 Å². The molecular weight excluding hydrogens is 298 g/mol. The molecule has 0 bridgehead atoms. The maximum absolute atomic E-state index is 5.39. The van der Waals surface area contributed by atoms with E-state index in [1.807, 2.05) is 55.5 Å². The Labute approximate surface area is 135 Å². The fourth-order valence-corrected chi connectivity index (χ4v) is 1.94. The normalized spacial score (nSPS) is 9.73. The predicted octanol–water partition coefficient (Wildman–Crippen LogP) is 3.41. The molecule has 22 heavy (non-hydrogen) atoms. The van der Waals surface area contributed by atoms with Gasteiger partial charge in [-0.1, -0.05) is 0 Å². The second kappa shape index (κ2) is 8.09. The average Bonchev–Trinajstić information content (AvgIpc) is 2.55. The number of methoxy groups -OCH3 is 1. The van der Waals surface area contributed by atoms with Crippen molar-refractivity contribution in [3.63, 3.8) is 0 Å². The van der Waals surface area contributed by atoms with Crippen LogP contribution < -0.4 is 25.6 Å². The van der Waals surface area contributed by atoms with Crippen molar-refractivity contribution in [2.24, 2.45) is 0 Å². The summed E-state index contributed by atoms with van der Waals surface area (Å²) in [7, 11) is 1.63. The third-order valence-corrected chi connectivity index (χ3v) is 3.04. The first-order valence-corrected chi connectivity index (χ1v) is 7.32. The molecule has 0 spiro atoms. The zero-order valence-corrected chi connectivity index (χ0v) is 13.4. The van der Waals surface area contributed by atoms with Crippen molar-refractivity contribution in [2.45, 2.75) is 6.92 Å². The van der Waals surface area contributed by atoms with Gasteiger partial charge in [-0.2, -0.15) is 0 Å². The second-order valence-electron chi connectivity index (χ2n) is 4.39. The van der Waals surface area contributed by atoms with Gasteiger partial charge in [0.2, 0.25) is 0 Å². The lowest BCUT2D eigenvalue weighted by atomic mass is 10.3. The standard InChI is InChI=1S/C16H19N3O2S/c1-3-21-15-10-6-13(7-11-15)18-19-16(22)17-12-4-8-14(20-2)9-5-12/h4-11,18H,3H2,1-2H3,(H2,17,19,22). The summed E-state index contributed by atoms with van der Waals surface area (Å²) in [4.78, 5) is 0. The maximum Gasteiger partial charge on any atom is 0.189 e. The van der Waals surface area contributed by atoms with E-state index < -0.39 is 0 Å². The molecule has 0 aliphatic carbocycles. The van der Waals surface area contributed by atoms with Crippen molar-refractivity contribution in [1.82, 2.24) is 5.43 Å². The lowest BCUT2D eigenvalue weighted by Crippen LogP contribution is -2.33. The summed E-state index contributed by atoms with van der Waals surface area (Å²) >= 11 is 5.22. The van der Waals surface area contributed by atoms with Gasteiger partial charge in [0.25, 0.3) is 0 Å². The number of thiocarbonyl (C=S) groups is 1. The molecule has 0 radical (unpaired) electrons. The van der Waals surface area contributed by atoms with Crippen LogP contribution >= 0.6 is 12.2 Å². The summed E-state index contributed by atoms with van der Waals surface area (Å²) in [5, 5.41) is 3.54. The van der Waals surface area contributed by atoms with E-state index in [4.69, 9.17) is 21.7 Å². The number of benzene rings is 2. The van der Waals surface area contributed by atoms with E-state index in [1.165, 1.54) is 0 Å². The quantitative estimate of drug-likeness (QED) is 0.561. The van der Waals surface area contributed by atoms with E-state index in [0.717, 1.165) is 22.9 Å². The molecule has 0 fully saturated rings. The van der Waals surface area contributed by atoms with E-state index in [0.29, 0.717) is 11.7 Å². The average molecular weight is 317 g/mol. The number of hydrazine groups is 1. The SMILES string of the molecule is CCOc1ccc(NNC(=S)Nc2ccc(OC)cc2)cc1. The smallest absolute Gasteiger partial charge is 0.189 e. The largest absolute Gasteiger partial charge is 0.497 e. The van der Waals surface area contributed by atoms with Gasteiger partial charge in [0.15, 0.2) is 5.11 Å². The van der Waals surface area contributed by atoms with Crippen molar-refractivity contribution < 1.29 is 9.47 Å². The van der Waals surface area contributed by atoms with Crippen molar-refractivity contribution in [1.29, 1.82) is 0 Å². The number of hydrogen-bond acceptors (Lipinski definition) is 4. The maximum atomic E-state index is 5.39. The number of anilines is 2. The Kier molecular flexibility index (Phi) is 5.85. The predicted molar refractivity (Wildman–Crippen MR) is 93.6 cm³/mol. The molecule has 0 saturated carbocycles. The molecule has 0 aromatic heterocycles. The summed E-state index contributed by atoms with van der Waals surface area (Å²) < 4.78 is 10.5. The van der Waals surface area contributed by atoms with Crippen LogP contribution in [0.5, 0.6) is 11.5 Å². The van der Waals surface area contributed by atoms with Crippen LogP contribution in [0.15, 0.2) is 48.5 Å². The van der Waals surface area contributed by atoms with E-state index in [-0.39, 0.29) is 0 Å². The van der Waals surface area contributed by atoms with Crippen LogP contribution in [0.4, 0.5) is 11.4 Å². The van der Waals surface area contributed by atoms with Gasteiger partial charge in [-0.25, -0.2) is 0 Å². The number of ether oxygens (including phenoxy) is 2. The molecule has 0 aliphatic heterocycles. The molecule has 2 aromatic rings. The summed E-state index contributed by atoms with van der Waals surface area (Å²) in [6.07, 6.45) is 0. The molecule has 0 amide bonds. The van der Waals surface area contributed by atoms with Gasteiger partial charge in [0, 0.05) is 5.69 Å². The van der Waals surface area contributed by atoms with E-state index in [1.54, 1.807) is 7.11 Å². The van der Waals surface area contributed by atoms with Gasteiger partial charge in [0.1, 0.15) is 11.5 Å². The van der Waals surface area contributed by atoms with Crippen LogP contribution in [0.3, 0.4) is 0 Å². The fraction of sp³-hybridized carbons (Fsp3) is 0.188. The number of hydrogen-bond donors (Lipinski definition) is 3. The Balaban J connectivity index is 1.81. The first kappa shape index (κ1) is 15.9. The highest BCUT2D eigenvalue weighted by molar-refractivity contribution is 7.80. The molecule has 0 atom stereocenters. The molecule has 6 heteroatoms. The van der Waals surface area contributed by atoms with Gasteiger partial charge < -0.3 is 14.8 Å². The highest BCUT2D eigenvalue weighted by Gasteiger charge is 1.99. The summed E-state index contributed by atoms with van der Waals surface area (Å²) in [6.45, 7) is 2.61. The summed E-state index contributed by atoms with van der Waals surface area (Å²) in [6, 6.07) is 15.1. The van der Waals surface area contributed by atoms with Crippen molar-refractivity contribution in [3.05, 3.63) is 48.5 Å². The molecule has 0 aliphatic rings. The molecule has 3 N–H and O–H groups in total. The summed E-state index contributed by atoms with van der Waals surface area (Å²) in [5.41, 5.74) is 7.72. The van der Waals surface area contributed by atoms with Crippen LogP contribution in [-0.4, -0.2) is 18.8 Å². The summed E-state index contributed by atoms with van der Waals surface area (Å²) in [5.74, 6) is 1.64. The third-order valence-electron chi connectivity index (χ3n) is 2.83. The first-order chi connectivity index (χ1) is 10.7. The first-order valence-electron chi connectivity index (χ1n) is 6.91. The number of rotatable bonds is 6. The van der Waals surface area contributed by atoms with Crippen LogP contribution in [0.1, 0.15) is 6.92 Å². The minimum atomic E-state index is 0.471. The molecular formula is C16H19N3O2S. The highest BCUT2D eigenvalue weighted by Crippen LogP contribution is 2.16. The fourth-order valence-electron chi connectivity index (χ4n) is 1.77. The van der Waals surface area contributed by atoms with Crippen LogP contribution in [0.25, 0.3) is 0 Å². The zero-order valence-electron chi connectivity index (χ0n) is 12.6. The Morgan fingerprint density at radius 1 is 0.955 bits per heavy atom. The van der Waals surface area contributed by atoms with Gasteiger partial charge in [0.05, 0.1) is 19.4 Å². The Bertz CT molecular complexity index is 600. The molecule has 2 aromatic carbocycles. The topological polar surface area (TPSA) is 54.5 Å². The van der Waals surface area contributed by atoms with Gasteiger partial charge in [-0.3, -0.25) is 10.9 Å². The minimum Gasteiger partial charge on any atom is -0.497 e. The Morgan fingerprint density at radius 3 is 2.14 bits per heavy atom. The van der Waals surface area contributed by atoms with Gasteiger partial charge >= 0.3 is 0 Å².